The maximum absolute atomic E-state index is 12.4. The predicted octanol–water partition coefficient (Wildman–Crippen LogP) is 1.42. The molecule has 3 heterocycles. The molecule has 0 radical (unpaired) electrons. The normalized spacial score (nSPS) is 18.6. The third kappa shape index (κ3) is 6.97. The van der Waals surface area contributed by atoms with Gasteiger partial charge in [-0.2, -0.15) is 4.98 Å². The van der Waals surface area contributed by atoms with Crippen molar-refractivity contribution in [3.8, 4) is 0 Å². The quantitative estimate of drug-likeness (QED) is 0.508. The highest BCUT2D eigenvalue weighted by molar-refractivity contribution is 5.76. The molecule has 11 heteroatoms. The highest BCUT2D eigenvalue weighted by Gasteiger charge is 2.38. The van der Waals surface area contributed by atoms with Gasteiger partial charge in [-0.15, -0.1) is 0 Å². The number of piperazine rings is 1. The van der Waals surface area contributed by atoms with Gasteiger partial charge in [0.2, 0.25) is 23.7 Å². The van der Waals surface area contributed by atoms with Crippen LogP contribution < -0.4 is 15.5 Å². The summed E-state index contributed by atoms with van der Waals surface area (Å²) in [7, 11) is 0. The zero-order valence-corrected chi connectivity index (χ0v) is 20.5. The van der Waals surface area contributed by atoms with E-state index in [2.05, 4.69) is 40.5 Å². The lowest BCUT2D eigenvalue weighted by Gasteiger charge is -2.34. The summed E-state index contributed by atoms with van der Waals surface area (Å²) in [5.74, 6) is 1.61. The van der Waals surface area contributed by atoms with E-state index in [1.165, 1.54) is 6.92 Å². The Labute approximate surface area is 206 Å². The van der Waals surface area contributed by atoms with Gasteiger partial charge in [0.1, 0.15) is 5.54 Å². The molecule has 1 aliphatic heterocycles. The largest absolute Gasteiger partial charge is 0.355 e. The second-order valence-corrected chi connectivity index (χ2v) is 9.42. The van der Waals surface area contributed by atoms with Gasteiger partial charge in [0.25, 0.3) is 0 Å². The molecule has 190 valence electrons. The van der Waals surface area contributed by atoms with E-state index in [1.807, 2.05) is 6.07 Å². The Morgan fingerprint density at radius 3 is 2.46 bits per heavy atom. The Balaban J connectivity index is 1.18. The van der Waals surface area contributed by atoms with E-state index in [9.17, 15) is 9.59 Å². The Bertz CT molecular complexity index is 951. The molecular weight excluding hydrogens is 448 g/mol. The van der Waals surface area contributed by atoms with Crippen molar-refractivity contribution in [2.45, 2.75) is 63.8 Å². The van der Waals surface area contributed by atoms with Gasteiger partial charge < -0.3 is 20.1 Å². The zero-order chi connectivity index (χ0) is 24.5. The summed E-state index contributed by atoms with van der Waals surface area (Å²) in [5.41, 5.74) is -0.566. The Morgan fingerprint density at radius 2 is 1.77 bits per heavy atom. The molecule has 0 atom stereocenters. The molecule has 1 aliphatic carbocycles. The molecule has 2 N–H and O–H groups in total. The summed E-state index contributed by atoms with van der Waals surface area (Å²) in [4.78, 5) is 41.9. The minimum absolute atomic E-state index is 0.0351. The van der Waals surface area contributed by atoms with Gasteiger partial charge in [-0.1, -0.05) is 30.8 Å². The van der Waals surface area contributed by atoms with Crippen molar-refractivity contribution in [1.29, 1.82) is 0 Å². The summed E-state index contributed by atoms with van der Waals surface area (Å²) >= 11 is 0. The summed E-state index contributed by atoms with van der Waals surface area (Å²) < 4.78 is 5.45. The van der Waals surface area contributed by atoms with Gasteiger partial charge in [-0.25, -0.2) is 9.97 Å². The van der Waals surface area contributed by atoms with Crippen LogP contribution in [0.5, 0.6) is 0 Å². The van der Waals surface area contributed by atoms with Crippen molar-refractivity contribution < 1.29 is 14.1 Å². The molecule has 0 spiro atoms. The van der Waals surface area contributed by atoms with E-state index in [1.54, 1.807) is 12.4 Å². The molecule has 2 aromatic rings. The number of aromatic nitrogens is 4. The lowest BCUT2D eigenvalue weighted by molar-refractivity contribution is -0.122. The number of nitrogens with zero attached hydrogens (tertiary/aromatic N) is 6. The summed E-state index contributed by atoms with van der Waals surface area (Å²) in [6.45, 7) is 6.49. The molecule has 11 nitrogen and oxygen atoms in total. The zero-order valence-electron chi connectivity index (χ0n) is 20.5. The van der Waals surface area contributed by atoms with Gasteiger partial charge >= 0.3 is 0 Å². The first-order valence-corrected chi connectivity index (χ1v) is 12.7. The second-order valence-electron chi connectivity index (χ2n) is 9.42. The van der Waals surface area contributed by atoms with Crippen molar-refractivity contribution in [1.82, 2.24) is 35.6 Å². The van der Waals surface area contributed by atoms with E-state index in [-0.39, 0.29) is 18.2 Å². The van der Waals surface area contributed by atoms with Crippen LogP contribution in [0.3, 0.4) is 0 Å². The Kier molecular flexibility index (Phi) is 8.62. The van der Waals surface area contributed by atoms with Crippen LogP contribution in [0.4, 0.5) is 5.95 Å². The third-order valence-corrected chi connectivity index (χ3v) is 6.79. The van der Waals surface area contributed by atoms with E-state index in [4.69, 9.17) is 4.52 Å². The summed E-state index contributed by atoms with van der Waals surface area (Å²) in [6, 6.07) is 1.82. The van der Waals surface area contributed by atoms with Gasteiger partial charge in [0.05, 0.1) is 0 Å². The first-order valence-electron chi connectivity index (χ1n) is 12.7. The molecule has 0 aromatic carbocycles. The summed E-state index contributed by atoms with van der Waals surface area (Å²) in [6.07, 6.45) is 10.1. The molecule has 2 amide bonds. The average Bonchev–Trinajstić information content (AvgIpc) is 3.23. The lowest BCUT2D eigenvalue weighted by Crippen LogP contribution is -2.49. The van der Waals surface area contributed by atoms with E-state index >= 15 is 0 Å². The van der Waals surface area contributed by atoms with Crippen molar-refractivity contribution in [3.63, 3.8) is 0 Å². The van der Waals surface area contributed by atoms with E-state index in [0.29, 0.717) is 24.7 Å². The van der Waals surface area contributed by atoms with Crippen molar-refractivity contribution in [2.24, 2.45) is 0 Å². The van der Waals surface area contributed by atoms with Crippen LogP contribution in [0.1, 0.15) is 63.6 Å². The van der Waals surface area contributed by atoms with Crippen molar-refractivity contribution in [3.05, 3.63) is 30.2 Å². The number of aryl methyl sites for hydroxylation is 1. The number of carbonyl (C=O) groups excluding carboxylic acids is 2. The molecule has 2 fully saturated rings. The van der Waals surface area contributed by atoms with Gasteiger partial charge in [0, 0.05) is 71.4 Å². The highest BCUT2D eigenvalue weighted by Crippen LogP contribution is 2.34. The number of carbonyl (C=O) groups is 2. The fourth-order valence-corrected chi connectivity index (χ4v) is 4.91. The van der Waals surface area contributed by atoms with Gasteiger partial charge in [-0.05, 0) is 18.9 Å². The maximum atomic E-state index is 12.4. The Hall–Kier alpha value is -3.08. The SMILES string of the molecule is CC(=O)NC1(c2noc(CCC(=O)NCCN3CCN(c4ncccn4)CC3)n2)CCCCCC1. The number of anilines is 1. The minimum atomic E-state index is -0.566. The maximum Gasteiger partial charge on any atom is 0.227 e. The van der Waals surface area contributed by atoms with Crippen LogP contribution >= 0.6 is 0 Å². The average molecular weight is 485 g/mol. The molecular formula is C24H36N8O3. The minimum Gasteiger partial charge on any atom is -0.355 e. The van der Waals surface area contributed by atoms with Crippen LogP contribution in [0.15, 0.2) is 23.0 Å². The van der Waals surface area contributed by atoms with Crippen molar-refractivity contribution >= 4 is 17.8 Å². The molecule has 1 saturated carbocycles. The standard InChI is InChI=1S/C24H36N8O3/c1-19(33)29-24(9-4-2-3-5-10-24)22-28-21(35-30-22)8-7-20(34)25-13-14-31-15-17-32(18-16-31)23-26-11-6-12-27-23/h6,11-12H,2-5,7-10,13-18H2,1H3,(H,25,34)(H,29,33). The molecule has 0 bridgehead atoms. The first-order chi connectivity index (χ1) is 17.0. The number of hydrogen-bond acceptors (Lipinski definition) is 9. The van der Waals surface area contributed by atoms with Crippen LogP contribution in [0, 0.1) is 0 Å². The first kappa shape index (κ1) is 25.0. The fraction of sp³-hybridized carbons (Fsp3) is 0.667. The van der Waals surface area contributed by atoms with Gasteiger partial charge in [-0.3, -0.25) is 14.5 Å². The highest BCUT2D eigenvalue weighted by atomic mass is 16.5. The lowest BCUT2D eigenvalue weighted by atomic mass is 9.89. The van der Waals surface area contributed by atoms with E-state index in [0.717, 1.165) is 77.2 Å². The van der Waals surface area contributed by atoms with E-state index < -0.39 is 5.54 Å². The predicted molar refractivity (Wildman–Crippen MR) is 130 cm³/mol. The van der Waals surface area contributed by atoms with Crippen LogP contribution in [-0.4, -0.2) is 76.1 Å². The molecule has 2 aromatic heterocycles. The molecule has 0 unspecified atom stereocenters. The van der Waals surface area contributed by atoms with Crippen molar-refractivity contribution in [2.75, 3.05) is 44.2 Å². The fourth-order valence-electron chi connectivity index (χ4n) is 4.91. The number of rotatable bonds is 9. The molecule has 2 aliphatic rings. The summed E-state index contributed by atoms with van der Waals surface area (Å²) in [5, 5.41) is 10.3. The van der Waals surface area contributed by atoms with Crippen LogP contribution in [-0.2, 0) is 21.5 Å². The van der Waals surface area contributed by atoms with Gasteiger partial charge in [0.15, 0.2) is 5.82 Å². The second kappa shape index (κ2) is 12.1. The topological polar surface area (TPSA) is 129 Å². The van der Waals surface area contributed by atoms with Crippen LogP contribution in [0.2, 0.25) is 0 Å². The monoisotopic (exact) mass is 484 g/mol. The number of nitrogens with one attached hydrogen (secondary N) is 2. The molecule has 1 saturated heterocycles. The third-order valence-electron chi connectivity index (χ3n) is 6.79. The number of amides is 2. The molecule has 35 heavy (non-hydrogen) atoms. The Morgan fingerprint density at radius 1 is 1.06 bits per heavy atom. The number of hydrogen-bond donors (Lipinski definition) is 2. The van der Waals surface area contributed by atoms with Crippen LogP contribution in [0.25, 0.3) is 0 Å². The smallest absolute Gasteiger partial charge is 0.227 e. The molecule has 4 rings (SSSR count).